The van der Waals surface area contributed by atoms with Crippen molar-refractivity contribution in [2.45, 2.75) is 13.0 Å². The molecule has 2 rings (SSSR count). The Bertz CT molecular complexity index is 594. The van der Waals surface area contributed by atoms with Gasteiger partial charge in [0.1, 0.15) is 0 Å². The smallest absolute Gasteiger partial charge is 0.371 e. The van der Waals surface area contributed by atoms with Crippen molar-refractivity contribution < 1.29 is 14.3 Å². The molecular weight excluding hydrogens is 266 g/mol. The van der Waals surface area contributed by atoms with Gasteiger partial charge in [0, 0.05) is 18.1 Å². The minimum atomic E-state index is -1.07. The van der Waals surface area contributed by atoms with E-state index in [1.54, 1.807) is 6.07 Å². The predicted octanol–water partition coefficient (Wildman–Crippen LogP) is 3.83. The Morgan fingerprint density at radius 1 is 1.37 bits per heavy atom. The van der Waals surface area contributed by atoms with E-state index in [1.807, 2.05) is 43.1 Å². The molecule has 1 heterocycles. The molecular formula is C14H14ClNO3. The molecule has 19 heavy (non-hydrogen) atoms. The maximum absolute atomic E-state index is 10.8. The summed E-state index contributed by atoms with van der Waals surface area (Å²) in [5, 5.41) is 9.51. The van der Waals surface area contributed by atoms with Crippen molar-refractivity contribution in [2.24, 2.45) is 0 Å². The highest BCUT2D eigenvalue weighted by molar-refractivity contribution is 6.30. The Kier molecular flexibility index (Phi) is 3.81. The molecule has 1 atom stereocenters. The lowest BCUT2D eigenvalue weighted by Gasteiger charge is -2.24. The van der Waals surface area contributed by atoms with Crippen molar-refractivity contribution in [2.75, 3.05) is 11.9 Å². The molecule has 1 N–H and O–H groups in total. The fourth-order valence-electron chi connectivity index (χ4n) is 1.81. The van der Waals surface area contributed by atoms with E-state index >= 15 is 0 Å². The molecule has 0 aliphatic carbocycles. The van der Waals surface area contributed by atoms with Gasteiger partial charge >= 0.3 is 5.97 Å². The first-order chi connectivity index (χ1) is 8.99. The van der Waals surface area contributed by atoms with Gasteiger partial charge in [-0.2, -0.15) is 0 Å². The average Bonchev–Trinajstić information content (AvgIpc) is 2.86. The van der Waals surface area contributed by atoms with E-state index in [2.05, 4.69) is 0 Å². The maximum atomic E-state index is 10.8. The zero-order valence-corrected chi connectivity index (χ0v) is 11.4. The number of carboxylic acid groups (broad SMARTS) is 1. The third-order valence-electron chi connectivity index (χ3n) is 3.06. The fourth-order valence-corrected chi connectivity index (χ4v) is 2.01. The molecule has 0 spiro atoms. The first-order valence-corrected chi connectivity index (χ1v) is 6.18. The van der Waals surface area contributed by atoms with Crippen molar-refractivity contribution in [3.8, 4) is 0 Å². The molecule has 0 aliphatic rings. The summed E-state index contributed by atoms with van der Waals surface area (Å²) in [5.74, 6) is -0.639. The lowest BCUT2D eigenvalue weighted by Crippen LogP contribution is -2.21. The van der Waals surface area contributed by atoms with Crippen LogP contribution >= 0.6 is 11.6 Å². The normalized spacial score (nSPS) is 12.2. The van der Waals surface area contributed by atoms with Crippen molar-refractivity contribution in [3.05, 3.63) is 52.7 Å². The molecule has 0 saturated heterocycles. The summed E-state index contributed by atoms with van der Waals surface area (Å²) >= 11 is 5.97. The molecule has 2 aromatic rings. The predicted molar refractivity (Wildman–Crippen MR) is 73.9 cm³/mol. The van der Waals surface area contributed by atoms with Gasteiger partial charge in [-0.25, -0.2) is 4.79 Å². The Labute approximate surface area is 116 Å². The summed E-state index contributed by atoms with van der Waals surface area (Å²) < 4.78 is 5.27. The van der Waals surface area contributed by atoms with E-state index < -0.39 is 5.97 Å². The number of hydrogen-bond donors (Lipinski definition) is 1. The zero-order chi connectivity index (χ0) is 14.0. The first-order valence-electron chi connectivity index (χ1n) is 5.80. The first kappa shape index (κ1) is 13.5. The van der Waals surface area contributed by atoms with E-state index in [0.29, 0.717) is 10.9 Å². The Morgan fingerprint density at radius 3 is 2.68 bits per heavy atom. The standard InChI is InChI=1S/C14H14ClNO3/c1-9(10-4-3-5-11(15)8-10)16(2)13-7-6-12(19-13)14(17)18/h3-9H,1-2H3,(H,17,18). The highest BCUT2D eigenvalue weighted by Crippen LogP contribution is 2.28. The Hall–Kier alpha value is -1.94. The van der Waals surface area contributed by atoms with E-state index in [0.717, 1.165) is 5.56 Å². The summed E-state index contributed by atoms with van der Waals surface area (Å²) in [7, 11) is 1.84. The number of halogens is 1. The van der Waals surface area contributed by atoms with Crippen LogP contribution in [0, 0.1) is 0 Å². The van der Waals surface area contributed by atoms with Crippen molar-refractivity contribution in [3.63, 3.8) is 0 Å². The maximum Gasteiger partial charge on any atom is 0.371 e. The van der Waals surface area contributed by atoms with Gasteiger partial charge in [0.25, 0.3) is 0 Å². The summed E-state index contributed by atoms with van der Waals surface area (Å²) in [4.78, 5) is 12.7. The van der Waals surface area contributed by atoms with Crippen molar-refractivity contribution in [1.82, 2.24) is 0 Å². The van der Waals surface area contributed by atoms with Crippen LogP contribution in [0.25, 0.3) is 0 Å². The van der Waals surface area contributed by atoms with Gasteiger partial charge in [0.2, 0.25) is 5.76 Å². The number of benzene rings is 1. The highest BCUT2D eigenvalue weighted by atomic mass is 35.5. The van der Waals surface area contributed by atoms with Gasteiger partial charge in [-0.1, -0.05) is 23.7 Å². The number of aromatic carboxylic acids is 1. The minimum Gasteiger partial charge on any atom is -0.475 e. The van der Waals surface area contributed by atoms with Gasteiger partial charge in [0.15, 0.2) is 5.88 Å². The zero-order valence-electron chi connectivity index (χ0n) is 10.6. The molecule has 0 bridgehead atoms. The quantitative estimate of drug-likeness (QED) is 0.924. The fraction of sp³-hybridized carbons (Fsp3) is 0.214. The third kappa shape index (κ3) is 2.90. The molecule has 0 radical (unpaired) electrons. The number of carbonyl (C=O) groups is 1. The topological polar surface area (TPSA) is 53.7 Å². The van der Waals surface area contributed by atoms with Crippen LogP contribution in [0.3, 0.4) is 0 Å². The molecule has 1 aromatic heterocycles. The average molecular weight is 280 g/mol. The lowest BCUT2D eigenvalue weighted by molar-refractivity contribution is 0.0663. The summed E-state index contributed by atoms with van der Waals surface area (Å²) in [5.41, 5.74) is 1.03. The molecule has 0 saturated carbocycles. The van der Waals surface area contributed by atoms with E-state index in [-0.39, 0.29) is 11.8 Å². The number of rotatable bonds is 4. The van der Waals surface area contributed by atoms with E-state index in [9.17, 15) is 4.79 Å². The number of hydrogen-bond acceptors (Lipinski definition) is 3. The minimum absolute atomic E-state index is 0.0199. The van der Waals surface area contributed by atoms with Crippen LogP contribution in [0.2, 0.25) is 5.02 Å². The number of nitrogens with zero attached hydrogens (tertiary/aromatic N) is 1. The van der Waals surface area contributed by atoms with Crippen LogP contribution in [-0.4, -0.2) is 18.1 Å². The largest absolute Gasteiger partial charge is 0.475 e. The van der Waals surface area contributed by atoms with Crippen LogP contribution in [0.1, 0.15) is 29.1 Å². The van der Waals surface area contributed by atoms with Gasteiger partial charge in [-0.05, 0) is 30.7 Å². The van der Waals surface area contributed by atoms with E-state index in [4.69, 9.17) is 21.1 Å². The SMILES string of the molecule is CC(c1cccc(Cl)c1)N(C)c1ccc(C(=O)O)o1. The van der Waals surface area contributed by atoms with Crippen LogP contribution in [-0.2, 0) is 0 Å². The van der Waals surface area contributed by atoms with Crippen molar-refractivity contribution >= 4 is 23.5 Å². The van der Waals surface area contributed by atoms with Gasteiger partial charge < -0.3 is 14.4 Å². The summed E-state index contributed by atoms with van der Waals surface area (Å²) in [6.45, 7) is 1.99. The number of furan rings is 1. The second kappa shape index (κ2) is 5.36. The molecule has 1 unspecified atom stereocenters. The summed E-state index contributed by atoms with van der Waals surface area (Å²) in [6, 6.07) is 10.6. The van der Waals surface area contributed by atoms with Crippen LogP contribution in [0.15, 0.2) is 40.8 Å². The number of anilines is 1. The van der Waals surface area contributed by atoms with Gasteiger partial charge in [-0.3, -0.25) is 0 Å². The van der Waals surface area contributed by atoms with Crippen molar-refractivity contribution in [1.29, 1.82) is 0 Å². The lowest BCUT2D eigenvalue weighted by atomic mass is 10.1. The second-order valence-corrected chi connectivity index (χ2v) is 4.72. The molecule has 5 heteroatoms. The Morgan fingerprint density at radius 2 is 2.11 bits per heavy atom. The third-order valence-corrected chi connectivity index (χ3v) is 3.30. The molecule has 1 aromatic carbocycles. The monoisotopic (exact) mass is 279 g/mol. The summed E-state index contributed by atoms with van der Waals surface area (Å²) in [6.07, 6.45) is 0. The molecule has 0 amide bonds. The van der Waals surface area contributed by atoms with Crippen LogP contribution in [0.4, 0.5) is 5.88 Å². The highest BCUT2D eigenvalue weighted by Gasteiger charge is 2.17. The van der Waals surface area contributed by atoms with Crippen LogP contribution in [0.5, 0.6) is 0 Å². The van der Waals surface area contributed by atoms with Gasteiger partial charge in [0.05, 0.1) is 6.04 Å². The molecule has 100 valence electrons. The van der Waals surface area contributed by atoms with E-state index in [1.165, 1.54) is 6.07 Å². The number of carboxylic acids is 1. The molecule has 0 aliphatic heterocycles. The Balaban J connectivity index is 2.22. The van der Waals surface area contributed by atoms with Crippen LogP contribution < -0.4 is 4.90 Å². The second-order valence-electron chi connectivity index (χ2n) is 4.28. The molecule has 0 fully saturated rings. The molecule has 4 nitrogen and oxygen atoms in total. The van der Waals surface area contributed by atoms with Gasteiger partial charge in [-0.15, -0.1) is 0 Å².